The second-order valence-corrected chi connectivity index (χ2v) is 6.23. The van der Waals surface area contributed by atoms with Crippen LogP contribution >= 0.6 is 0 Å². The molecule has 1 aromatic heterocycles. The van der Waals surface area contributed by atoms with Gasteiger partial charge in [0.25, 0.3) is 0 Å². The number of hydrogen-bond acceptors (Lipinski definition) is 5. The van der Waals surface area contributed by atoms with Gasteiger partial charge in [-0.1, -0.05) is 30.3 Å². The molecule has 1 N–H and O–H groups in total. The van der Waals surface area contributed by atoms with Gasteiger partial charge in [-0.3, -0.25) is 9.59 Å². The van der Waals surface area contributed by atoms with Crippen molar-refractivity contribution in [3.63, 3.8) is 0 Å². The molecule has 0 radical (unpaired) electrons. The second-order valence-electron chi connectivity index (χ2n) is 6.23. The van der Waals surface area contributed by atoms with Gasteiger partial charge in [0.2, 0.25) is 5.89 Å². The van der Waals surface area contributed by atoms with Crippen LogP contribution in [0.4, 0.5) is 5.69 Å². The third-order valence-electron chi connectivity index (χ3n) is 4.44. The van der Waals surface area contributed by atoms with Crippen molar-refractivity contribution in [1.82, 2.24) is 15.0 Å². The third kappa shape index (κ3) is 3.87. The summed E-state index contributed by atoms with van der Waals surface area (Å²) >= 11 is 0. The van der Waals surface area contributed by atoms with Crippen molar-refractivity contribution in [2.24, 2.45) is 0 Å². The van der Waals surface area contributed by atoms with E-state index in [1.807, 2.05) is 31.2 Å². The van der Waals surface area contributed by atoms with Gasteiger partial charge in [-0.05, 0) is 37.8 Å². The number of anilines is 1. The van der Waals surface area contributed by atoms with Crippen LogP contribution in [0.2, 0.25) is 0 Å². The average molecular weight is 342 g/mol. The number of carbonyl (C=O) groups excluding carboxylic acids is 2. The molecule has 1 saturated heterocycles. The van der Waals surface area contributed by atoms with E-state index in [2.05, 4.69) is 15.5 Å². The van der Waals surface area contributed by atoms with Crippen LogP contribution in [0.15, 0.2) is 28.8 Å². The Labute approximate surface area is 146 Å². The highest BCUT2D eigenvalue weighted by Crippen LogP contribution is 2.26. The van der Waals surface area contributed by atoms with E-state index in [9.17, 15) is 9.59 Å². The molecule has 7 nitrogen and oxygen atoms in total. The van der Waals surface area contributed by atoms with Gasteiger partial charge in [-0.15, -0.1) is 0 Å². The Balaban J connectivity index is 1.66. The number of amides is 2. The molecule has 0 bridgehead atoms. The van der Waals surface area contributed by atoms with E-state index in [0.717, 1.165) is 24.8 Å². The fourth-order valence-electron chi connectivity index (χ4n) is 3.11. The van der Waals surface area contributed by atoms with Crippen molar-refractivity contribution in [1.29, 1.82) is 0 Å². The summed E-state index contributed by atoms with van der Waals surface area (Å²) in [6.45, 7) is 4.75. The lowest BCUT2D eigenvalue weighted by molar-refractivity contribution is -0.144. The predicted octanol–water partition coefficient (Wildman–Crippen LogP) is 2.29. The quantitative estimate of drug-likeness (QED) is 0.865. The Morgan fingerprint density at radius 1 is 1.36 bits per heavy atom. The molecule has 0 spiro atoms. The Hall–Kier alpha value is -2.70. The molecule has 1 aliphatic heterocycles. The maximum Gasteiger partial charge on any atom is 0.313 e. The Morgan fingerprint density at radius 2 is 2.16 bits per heavy atom. The molecular weight excluding hydrogens is 320 g/mol. The molecule has 1 aromatic carbocycles. The van der Waals surface area contributed by atoms with Crippen LogP contribution < -0.4 is 5.32 Å². The fraction of sp³-hybridized carbons (Fsp3) is 0.444. The topological polar surface area (TPSA) is 88.3 Å². The van der Waals surface area contributed by atoms with Crippen LogP contribution in [-0.4, -0.2) is 39.9 Å². The molecule has 3 rings (SSSR count). The number of likely N-dealkylation sites (tertiary alicyclic amines) is 1. The normalized spacial score (nSPS) is 17.4. The summed E-state index contributed by atoms with van der Waals surface area (Å²) in [5.41, 5.74) is 1.69. The number of piperidine rings is 1. The number of rotatable bonds is 3. The highest BCUT2D eigenvalue weighted by atomic mass is 16.5. The van der Waals surface area contributed by atoms with Crippen LogP contribution in [0.3, 0.4) is 0 Å². The monoisotopic (exact) mass is 342 g/mol. The highest BCUT2D eigenvalue weighted by Gasteiger charge is 2.31. The number of benzene rings is 1. The van der Waals surface area contributed by atoms with Gasteiger partial charge in [-0.2, -0.15) is 4.98 Å². The molecule has 7 heteroatoms. The van der Waals surface area contributed by atoms with Gasteiger partial charge in [0.1, 0.15) is 0 Å². The first-order valence-corrected chi connectivity index (χ1v) is 8.57. The number of aromatic nitrogens is 2. The molecule has 2 heterocycles. The molecule has 0 saturated carbocycles. The SMILES string of the molecule is CCc1ccccc1NC(=O)C(=O)N1CCC[C@@H](c2nc(C)no2)C1. The van der Waals surface area contributed by atoms with E-state index >= 15 is 0 Å². The van der Waals surface area contributed by atoms with Gasteiger partial charge >= 0.3 is 11.8 Å². The number of hydrogen-bond donors (Lipinski definition) is 1. The lowest BCUT2D eigenvalue weighted by atomic mass is 9.98. The molecule has 2 amide bonds. The largest absolute Gasteiger partial charge is 0.339 e. The van der Waals surface area contributed by atoms with Gasteiger partial charge < -0.3 is 14.7 Å². The lowest BCUT2D eigenvalue weighted by Gasteiger charge is -2.30. The van der Waals surface area contributed by atoms with Crippen LogP contribution in [0.1, 0.15) is 43.0 Å². The molecule has 1 aliphatic rings. The van der Waals surface area contributed by atoms with Crippen LogP contribution in [0.5, 0.6) is 0 Å². The summed E-state index contributed by atoms with van der Waals surface area (Å²) in [5.74, 6) is -0.0381. The van der Waals surface area contributed by atoms with Crippen LogP contribution in [0.25, 0.3) is 0 Å². The average Bonchev–Trinajstić information content (AvgIpc) is 3.08. The van der Waals surface area contributed by atoms with Crippen molar-refractivity contribution in [3.8, 4) is 0 Å². The smallest absolute Gasteiger partial charge is 0.313 e. The van der Waals surface area contributed by atoms with Gasteiger partial charge in [0, 0.05) is 18.8 Å². The van der Waals surface area contributed by atoms with Crippen molar-refractivity contribution in [3.05, 3.63) is 41.5 Å². The first-order valence-electron chi connectivity index (χ1n) is 8.57. The molecule has 0 aliphatic carbocycles. The van der Waals surface area contributed by atoms with Gasteiger partial charge in [0.15, 0.2) is 5.82 Å². The molecular formula is C18H22N4O3. The summed E-state index contributed by atoms with van der Waals surface area (Å²) in [6.07, 6.45) is 2.45. The van der Waals surface area contributed by atoms with E-state index in [4.69, 9.17) is 4.52 Å². The Kier molecular flexibility index (Phi) is 5.11. The van der Waals surface area contributed by atoms with E-state index in [1.165, 1.54) is 0 Å². The zero-order valence-electron chi connectivity index (χ0n) is 14.5. The van der Waals surface area contributed by atoms with Crippen molar-refractivity contribution >= 4 is 17.5 Å². The van der Waals surface area contributed by atoms with E-state index in [0.29, 0.717) is 30.5 Å². The van der Waals surface area contributed by atoms with E-state index < -0.39 is 11.8 Å². The Morgan fingerprint density at radius 3 is 2.88 bits per heavy atom. The Bertz CT molecular complexity index is 771. The molecule has 2 aromatic rings. The van der Waals surface area contributed by atoms with Crippen molar-refractivity contribution < 1.29 is 14.1 Å². The summed E-state index contributed by atoms with van der Waals surface area (Å²) in [7, 11) is 0. The minimum absolute atomic E-state index is 0.0189. The number of para-hydroxylation sites is 1. The maximum absolute atomic E-state index is 12.5. The minimum atomic E-state index is -0.608. The summed E-state index contributed by atoms with van der Waals surface area (Å²) in [5, 5.41) is 6.54. The maximum atomic E-state index is 12.5. The standard InChI is InChI=1S/C18H22N4O3/c1-3-13-7-4-5-9-15(13)20-16(23)18(24)22-10-6-8-14(11-22)17-19-12(2)21-25-17/h4-5,7,9,14H,3,6,8,10-11H2,1-2H3,(H,20,23)/t14-/m1/s1. The fourth-order valence-corrected chi connectivity index (χ4v) is 3.11. The predicted molar refractivity (Wildman–Crippen MR) is 92.0 cm³/mol. The zero-order valence-corrected chi connectivity index (χ0v) is 14.5. The second kappa shape index (κ2) is 7.46. The van der Waals surface area contributed by atoms with E-state index in [-0.39, 0.29) is 5.92 Å². The molecule has 1 atom stereocenters. The first kappa shape index (κ1) is 17.1. The summed E-state index contributed by atoms with van der Waals surface area (Å²) in [6, 6.07) is 7.51. The molecule has 25 heavy (non-hydrogen) atoms. The summed E-state index contributed by atoms with van der Waals surface area (Å²) < 4.78 is 5.22. The van der Waals surface area contributed by atoms with Gasteiger partial charge in [0.05, 0.1) is 5.92 Å². The third-order valence-corrected chi connectivity index (χ3v) is 4.44. The van der Waals surface area contributed by atoms with Crippen molar-refractivity contribution in [2.45, 2.75) is 39.0 Å². The van der Waals surface area contributed by atoms with Crippen LogP contribution in [0, 0.1) is 6.92 Å². The molecule has 132 valence electrons. The lowest BCUT2D eigenvalue weighted by Crippen LogP contribution is -2.44. The minimum Gasteiger partial charge on any atom is -0.339 e. The van der Waals surface area contributed by atoms with Crippen molar-refractivity contribution in [2.75, 3.05) is 18.4 Å². The number of nitrogens with zero attached hydrogens (tertiary/aromatic N) is 3. The summed E-state index contributed by atoms with van der Waals surface area (Å²) in [4.78, 5) is 30.7. The molecule has 1 fully saturated rings. The van der Waals surface area contributed by atoms with Gasteiger partial charge in [-0.25, -0.2) is 0 Å². The van der Waals surface area contributed by atoms with Crippen LogP contribution in [-0.2, 0) is 16.0 Å². The zero-order chi connectivity index (χ0) is 17.8. The first-order chi connectivity index (χ1) is 12.1. The molecule has 0 unspecified atom stereocenters. The van der Waals surface area contributed by atoms with E-state index in [1.54, 1.807) is 11.8 Å². The highest BCUT2D eigenvalue weighted by molar-refractivity contribution is 6.39. The number of carbonyl (C=O) groups is 2. The number of aryl methyl sites for hydroxylation is 2. The number of nitrogens with one attached hydrogen (secondary N) is 1.